The molecule has 26 heavy (non-hydrogen) atoms. The van der Waals surface area contributed by atoms with Crippen LogP contribution < -0.4 is 15.4 Å². The number of fused-ring (bicyclic) bond motifs is 1. The van der Waals surface area contributed by atoms with Gasteiger partial charge in [0.15, 0.2) is 0 Å². The Morgan fingerprint density at radius 2 is 1.69 bits per heavy atom. The zero-order valence-electron chi connectivity index (χ0n) is 14.7. The molecule has 4 rings (SSSR count). The van der Waals surface area contributed by atoms with E-state index in [0.717, 1.165) is 31.9 Å². The smallest absolute Gasteiger partial charge is 0.297 e. The molecule has 1 aromatic carbocycles. The fourth-order valence-corrected chi connectivity index (χ4v) is 3.42. The molecule has 0 saturated carbocycles. The van der Waals surface area contributed by atoms with Gasteiger partial charge in [0.25, 0.3) is 11.3 Å². The molecule has 0 radical (unpaired) electrons. The molecule has 0 amide bonds. The second-order valence-electron chi connectivity index (χ2n) is 6.43. The van der Waals surface area contributed by atoms with Gasteiger partial charge in [-0.3, -0.25) is 9.89 Å². The average Bonchev–Trinajstić information content (AvgIpc) is 3.03. The van der Waals surface area contributed by atoms with Gasteiger partial charge >= 0.3 is 0 Å². The van der Waals surface area contributed by atoms with Crippen LogP contribution in [0.3, 0.4) is 0 Å². The van der Waals surface area contributed by atoms with E-state index in [2.05, 4.69) is 30.9 Å². The van der Waals surface area contributed by atoms with E-state index >= 15 is 0 Å². The topological polar surface area (TPSA) is 93.3 Å². The number of hydrogen-bond donors (Lipinski definition) is 1. The predicted octanol–water partition coefficient (Wildman–Crippen LogP) is 1.23. The lowest BCUT2D eigenvalue weighted by Gasteiger charge is -2.37. The first-order valence-corrected chi connectivity index (χ1v) is 8.53. The van der Waals surface area contributed by atoms with E-state index in [1.807, 2.05) is 31.2 Å². The molecule has 3 heterocycles. The van der Waals surface area contributed by atoms with Crippen molar-refractivity contribution in [1.29, 1.82) is 5.26 Å². The van der Waals surface area contributed by atoms with E-state index in [4.69, 9.17) is 5.26 Å². The van der Waals surface area contributed by atoms with E-state index in [0.29, 0.717) is 28.5 Å². The van der Waals surface area contributed by atoms with Gasteiger partial charge in [-0.2, -0.15) is 14.8 Å². The molecule has 2 aromatic heterocycles. The van der Waals surface area contributed by atoms with E-state index in [-0.39, 0.29) is 5.56 Å². The molecule has 3 aromatic rings. The quantitative estimate of drug-likeness (QED) is 0.748. The number of aromatic nitrogens is 4. The normalized spacial score (nSPS) is 14.7. The van der Waals surface area contributed by atoms with Crippen molar-refractivity contribution in [2.45, 2.75) is 13.8 Å². The van der Waals surface area contributed by atoms with Crippen LogP contribution in [0.2, 0.25) is 0 Å². The van der Waals surface area contributed by atoms with Crippen LogP contribution in [0.1, 0.15) is 17.1 Å². The van der Waals surface area contributed by atoms with Crippen LogP contribution in [-0.4, -0.2) is 45.8 Å². The summed E-state index contributed by atoms with van der Waals surface area (Å²) in [5.41, 5.74) is 2.97. The Morgan fingerprint density at radius 1 is 1.04 bits per heavy atom. The highest BCUT2D eigenvalue weighted by Gasteiger charge is 2.23. The lowest BCUT2D eigenvalue weighted by atomic mass is 10.2. The summed E-state index contributed by atoms with van der Waals surface area (Å²) in [4.78, 5) is 25.9. The first kappa shape index (κ1) is 16.1. The molecule has 8 heteroatoms. The number of piperazine rings is 1. The van der Waals surface area contributed by atoms with Crippen molar-refractivity contribution in [1.82, 2.24) is 19.6 Å². The summed E-state index contributed by atoms with van der Waals surface area (Å²) in [6.07, 6.45) is 0. The summed E-state index contributed by atoms with van der Waals surface area (Å²) in [5, 5.41) is 11.9. The van der Waals surface area contributed by atoms with Crippen LogP contribution in [0, 0.1) is 25.2 Å². The van der Waals surface area contributed by atoms with Gasteiger partial charge in [-0.1, -0.05) is 0 Å². The number of nitrogens with zero attached hydrogens (tertiary/aromatic N) is 6. The Labute approximate surface area is 150 Å². The Kier molecular flexibility index (Phi) is 3.84. The fourth-order valence-electron chi connectivity index (χ4n) is 3.42. The summed E-state index contributed by atoms with van der Waals surface area (Å²) in [6, 6.07) is 9.73. The number of nitriles is 1. The third-order valence-electron chi connectivity index (χ3n) is 4.71. The van der Waals surface area contributed by atoms with Crippen LogP contribution in [0.25, 0.3) is 5.78 Å². The molecule has 0 aliphatic carbocycles. The van der Waals surface area contributed by atoms with Gasteiger partial charge in [0, 0.05) is 31.9 Å². The molecule has 1 fully saturated rings. The molecule has 0 spiro atoms. The maximum absolute atomic E-state index is 12.8. The third-order valence-corrected chi connectivity index (χ3v) is 4.71. The third kappa shape index (κ3) is 2.67. The van der Waals surface area contributed by atoms with Crippen molar-refractivity contribution in [3.63, 3.8) is 0 Å². The van der Waals surface area contributed by atoms with Crippen molar-refractivity contribution < 1.29 is 0 Å². The summed E-state index contributed by atoms with van der Waals surface area (Å²) in [6.45, 7) is 6.73. The van der Waals surface area contributed by atoms with Gasteiger partial charge in [0.05, 0.1) is 17.3 Å². The van der Waals surface area contributed by atoms with Crippen molar-refractivity contribution in [3.8, 4) is 6.07 Å². The second-order valence-corrected chi connectivity index (χ2v) is 6.43. The van der Waals surface area contributed by atoms with E-state index < -0.39 is 0 Å². The molecule has 1 saturated heterocycles. The molecule has 8 nitrogen and oxygen atoms in total. The van der Waals surface area contributed by atoms with Gasteiger partial charge in [0.2, 0.25) is 0 Å². The minimum absolute atomic E-state index is 0.111. The second kappa shape index (κ2) is 6.19. The standard InChI is InChI=1S/C18H19N7O/c1-12-16(17(26)25-18(20-12)21-13(2)22-25)24-9-7-23(8-10-24)15-5-3-14(11-19)4-6-15/h3-6H,7-10H2,1-2H3,(H,20,21,22). The minimum atomic E-state index is -0.111. The molecule has 0 bridgehead atoms. The predicted molar refractivity (Wildman–Crippen MR) is 98.7 cm³/mol. The SMILES string of the molecule is Cc1nc2nc(C)c(N3CCN(c4ccc(C#N)cc4)CC3)c(=O)n2[nH]1. The van der Waals surface area contributed by atoms with E-state index in [1.165, 1.54) is 4.52 Å². The number of H-pyrrole nitrogens is 1. The number of rotatable bonds is 2. The highest BCUT2D eigenvalue weighted by Crippen LogP contribution is 2.20. The summed E-state index contributed by atoms with van der Waals surface area (Å²) < 4.78 is 1.41. The molecule has 0 atom stereocenters. The first-order valence-electron chi connectivity index (χ1n) is 8.53. The highest BCUT2D eigenvalue weighted by molar-refractivity contribution is 5.55. The number of hydrogen-bond acceptors (Lipinski definition) is 6. The number of benzene rings is 1. The zero-order valence-corrected chi connectivity index (χ0v) is 14.7. The molecule has 1 aliphatic heterocycles. The first-order chi connectivity index (χ1) is 12.6. The fraction of sp³-hybridized carbons (Fsp3) is 0.333. The maximum atomic E-state index is 12.8. The number of aromatic amines is 1. The molecular formula is C18H19N7O. The Morgan fingerprint density at radius 3 is 2.35 bits per heavy atom. The lowest BCUT2D eigenvalue weighted by molar-refractivity contribution is 0.645. The van der Waals surface area contributed by atoms with Crippen molar-refractivity contribution in [2.24, 2.45) is 0 Å². The lowest BCUT2D eigenvalue weighted by Crippen LogP contribution is -2.48. The Hall–Kier alpha value is -3.34. The minimum Gasteiger partial charge on any atom is -0.368 e. The Balaban J connectivity index is 1.57. The van der Waals surface area contributed by atoms with Crippen molar-refractivity contribution >= 4 is 17.2 Å². The summed E-state index contributed by atoms with van der Waals surface area (Å²) in [7, 11) is 0. The molecule has 132 valence electrons. The van der Waals surface area contributed by atoms with Crippen LogP contribution in [0.4, 0.5) is 11.4 Å². The zero-order chi connectivity index (χ0) is 18.3. The van der Waals surface area contributed by atoms with Crippen LogP contribution in [-0.2, 0) is 0 Å². The van der Waals surface area contributed by atoms with Gasteiger partial charge < -0.3 is 9.80 Å². The molecule has 1 aliphatic rings. The van der Waals surface area contributed by atoms with E-state index in [1.54, 1.807) is 6.92 Å². The summed E-state index contributed by atoms with van der Waals surface area (Å²) >= 11 is 0. The van der Waals surface area contributed by atoms with Crippen LogP contribution in [0.15, 0.2) is 29.1 Å². The maximum Gasteiger partial charge on any atom is 0.297 e. The van der Waals surface area contributed by atoms with E-state index in [9.17, 15) is 4.79 Å². The van der Waals surface area contributed by atoms with Gasteiger partial charge in [-0.15, -0.1) is 0 Å². The molecular weight excluding hydrogens is 330 g/mol. The largest absolute Gasteiger partial charge is 0.368 e. The number of anilines is 2. The van der Waals surface area contributed by atoms with Crippen LogP contribution >= 0.6 is 0 Å². The van der Waals surface area contributed by atoms with Gasteiger partial charge in [-0.25, -0.2) is 4.98 Å². The summed E-state index contributed by atoms with van der Waals surface area (Å²) in [5.74, 6) is 1.07. The monoisotopic (exact) mass is 349 g/mol. The van der Waals surface area contributed by atoms with Crippen molar-refractivity contribution in [2.75, 3.05) is 36.0 Å². The highest BCUT2D eigenvalue weighted by atomic mass is 16.1. The van der Waals surface area contributed by atoms with Gasteiger partial charge in [0.1, 0.15) is 11.5 Å². The number of aryl methyl sites for hydroxylation is 2. The average molecular weight is 349 g/mol. The van der Waals surface area contributed by atoms with Crippen molar-refractivity contribution in [3.05, 3.63) is 51.7 Å². The Bertz CT molecular complexity index is 1050. The van der Waals surface area contributed by atoms with Crippen LogP contribution in [0.5, 0.6) is 0 Å². The molecule has 1 N–H and O–H groups in total. The van der Waals surface area contributed by atoms with Gasteiger partial charge in [-0.05, 0) is 38.1 Å². The molecule has 0 unspecified atom stereocenters. The number of nitrogens with one attached hydrogen (secondary N) is 1.